The standard InChI is InChI=1S/C19H19ClN4O/c1-2-3-4-5-6-10-15-18(25)17(24-23-15)19-21-12-16(22-19)13-8-7-9-14(20)11-13/h3-9,11-12,25H,2,10H2,1H3,(H,21,22)(H,23,24)/b4-3-,6-5-. The number of halogens is 1. The first-order valence-corrected chi connectivity index (χ1v) is 8.46. The van der Waals surface area contributed by atoms with E-state index in [4.69, 9.17) is 11.6 Å². The average molecular weight is 355 g/mol. The first-order chi connectivity index (χ1) is 12.2. The van der Waals surface area contributed by atoms with Crippen LogP contribution in [-0.4, -0.2) is 25.3 Å². The van der Waals surface area contributed by atoms with E-state index in [9.17, 15) is 5.11 Å². The van der Waals surface area contributed by atoms with Crippen LogP contribution in [0.25, 0.3) is 22.8 Å². The summed E-state index contributed by atoms with van der Waals surface area (Å²) in [6.07, 6.45) is 11.2. The van der Waals surface area contributed by atoms with Crippen LogP contribution in [-0.2, 0) is 6.42 Å². The van der Waals surface area contributed by atoms with E-state index >= 15 is 0 Å². The van der Waals surface area contributed by atoms with Crippen molar-refractivity contribution in [3.63, 3.8) is 0 Å². The van der Waals surface area contributed by atoms with Crippen molar-refractivity contribution < 1.29 is 5.11 Å². The van der Waals surface area contributed by atoms with Gasteiger partial charge in [-0.15, -0.1) is 0 Å². The minimum absolute atomic E-state index is 0.108. The van der Waals surface area contributed by atoms with Crippen LogP contribution in [0.2, 0.25) is 5.02 Å². The minimum Gasteiger partial charge on any atom is -0.504 e. The van der Waals surface area contributed by atoms with Gasteiger partial charge >= 0.3 is 0 Å². The van der Waals surface area contributed by atoms with Crippen molar-refractivity contribution >= 4 is 11.6 Å². The summed E-state index contributed by atoms with van der Waals surface area (Å²) in [6, 6.07) is 7.48. The van der Waals surface area contributed by atoms with Gasteiger partial charge < -0.3 is 10.1 Å². The van der Waals surface area contributed by atoms with Gasteiger partial charge in [-0.25, -0.2) is 4.98 Å². The lowest BCUT2D eigenvalue weighted by molar-refractivity contribution is 0.471. The molecule has 2 aromatic heterocycles. The Morgan fingerprint density at radius 1 is 1.24 bits per heavy atom. The molecule has 128 valence electrons. The Labute approximate surface area is 151 Å². The van der Waals surface area contributed by atoms with Gasteiger partial charge in [0, 0.05) is 17.0 Å². The van der Waals surface area contributed by atoms with Gasteiger partial charge in [-0.2, -0.15) is 5.10 Å². The molecular weight excluding hydrogens is 336 g/mol. The SMILES string of the molecule is CC/C=C\C=C/Cc1[nH]nc(-c2ncc(-c3cccc(Cl)c3)[nH]2)c1O. The lowest BCUT2D eigenvalue weighted by Gasteiger charge is -1.98. The highest BCUT2D eigenvalue weighted by molar-refractivity contribution is 6.30. The molecule has 0 amide bonds. The van der Waals surface area contributed by atoms with Crippen LogP contribution in [0.1, 0.15) is 19.0 Å². The predicted molar refractivity (Wildman–Crippen MR) is 101 cm³/mol. The van der Waals surface area contributed by atoms with Gasteiger partial charge in [-0.1, -0.05) is 55.0 Å². The molecule has 0 bridgehead atoms. The second-order valence-electron chi connectivity index (χ2n) is 5.52. The van der Waals surface area contributed by atoms with Gasteiger partial charge in [0.05, 0.1) is 17.6 Å². The van der Waals surface area contributed by atoms with Gasteiger partial charge in [-0.05, 0) is 18.6 Å². The van der Waals surface area contributed by atoms with Crippen molar-refractivity contribution in [3.8, 4) is 28.5 Å². The van der Waals surface area contributed by atoms with Crippen molar-refractivity contribution in [2.24, 2.45) is 0 Å². The van der Waals surface area contributed by atoms with Crippen LogP contribution in [0.3, 0.4) is 0 Å². The monoisotopic (exact) mass is 354 g/mol. The zero-order valence-electron chi connectivity index (χ0n) is 13.8. The molecule has 0 aliphatic carbocycles. The number of hydrogen-bond acceptors (Lipinski definition) is 3. The van der Waals surface area contributed by atoms with Crippen molar-refractivity contribution in [2.45, 2.75) is 19.8 Å². The molecule has 5 nitrogen and oxygen atoms in total. The summed E-state index contributed by atoms with van der Waals surface area (Å²) in [7, 11) is 0. The number of aromatic nitrogens is 4. The third-order valence-corrected chi connectivity index (χ3v) is 3.92. The second-order valence-corrected chi connectivity index (χ2v) is 5.96. The number of hydrogen-bond donors (Lipinski definition) is 3. The second kappa shape index (κ2) is 7.85. The van der Waals surface area contributed by atoms with E-state index in [2.05, 4.69) is 33.2 Å². The van der Waals surface area contributed by atoms with Crippen LogP contribution >= 0.6 is 11.6 Å². The molecule has 0 fully saturated rings. The fourth-order valence-corrected chi connectivity index (χ4v) is 2.59. The van der Waals surface area contributed by atoms with Crippen LogP contribution in [0.15, 0.2) is 54.8 Å². The van der Waals surface area contributed by atoms with Gasteiger partial charge in [0.2, 0.25) is 0 Å². The molecule has 3 aromatic rings. The Balaban J connectivity index is 1.79. The zero-order chi connectivity index (χ0) is 17.6. The number of benzene rings is 1. The number of nitrogens with zero attached hydrogens (tertiary/aromatic N) is 2. The molecule has 0 spiro atoms. The molecule has 25 heavy (non-hydrogen) atoms. The Morgan fingerprint density at radius 2 is 2.08 bits per heavy atom. The van der Waals surface area contributed by atoms with Crippen LogP contribution in [0.4, 0.5) is 0 Å². The molecule has 0 atom stereocenters. The molecule has 2 heterocycles. The number of nitrogens with one attached hydrogen (secondary N) is 2. The third-order valence-electron chi connectivity index (χ3n) is 3.69. The first kappa shape index (κ1) is 17.0. The third kappa shape index (κ3) is 4.00. The molecular formula is C19H19ClN4O. The number of H-pyrrole nitrogens is 2. The normalized spacial score (nSPS) is 11.8. The molecule has 0 saturated carbocycles. The molecule has 0 unspecified atom stereocenters. The Kier molecular flexibility index (Phi) is 5.36. The van der Waals surface area contributed by atoms with Gasteiger partial charge in [0.1, 0.15) is 0 Å². The fourth-order valence-electron chi connectivity index (χ4n) is 2.40. The van der Waals surface area contributed by atoms with E-state index in [1.165, 1.54) is 0 Å². The van der Waals surface area contributed by atoms with E-state index in [1.54, 1.807) is 6.20 Å². The predicted octanol–water partition coefficient (Wildman–Crippen LogP) is 4.89. The summed E-state index contributed by atoms with van der Waals surface area (Å²) in [5.41, 5.74) is 2.79. The quantitative estimate of drug-likeness (QED) is 0.551. The highest BCUT2D eigenvalue weighted by Crippen LogP contribution is 2.30. The Morgan fingerprint density at radius 3 is 2.88 bits per heavy atom. The summed E-state index contributed by atoms with van der Waals surface area (Å²) in [6.45, 7) is 2.08. The summed E-state index contributed by atoms with van der Waals surface area (Å²) < 4.78 is 0. The van der Waals surface area contributed by atoms with Gasteiger partial charge in [0.15, 0.2) is 17.3 Å². The van der Waals surface area contributed by atoms with Crippen LogP contribution < -0.4 is 0 Å². The largest absolute Gasteiger partial charge is 0.504 e. The van der Waals surface area contributed by atoms with E-state index in [-0.39, 0.29) is 5.75 Å². The van der Waals surface area contributed by atoms with Crippen LogP contribution in [0.5, 0.6) is 5.75 Å². The maximum Gasteiger partial charge on any atom is 0.169 e. The first-order valence-electron chi connectivity index (χ1n) is 8.08. The number of allylic oxidation sites excluding steroid dienone is 4. The van der Waals surface area contributed by atoms with Crippen molar-refractivity contribution in [2.75, 3.05) is 0 Å². The summed E-state index contributed by atoms with van der Waals surface area (Å²) in [4.78, 5) is 7.49. The number of imidazole rings is 1. The number of aromatic amines is 2. The maximum absolute atomic E-state index is 10.4. The molecule has 3 rings (SSSR count). The smallest absolute Gasteiger partial charge is 0.169 e. The highest BCUT2D eigenvalue weighted by Gasteiger charge is 2.16. The summed E-state index contributed by atoms with van der Waals surface area (Å²) in [5.74, 6) is 0.612. The number of rotatable bonds is 6. The van der Waals surface area contributed by atoms with Gasteiger partial charge in [-0.3, -0.25) is 5.10 Å². The van der Waals surface area contributed by atoms with Gasteiger partial charge in [0.25, 0.3) is 0 Å². The maximum atomic E-state index is 10.4. The van der Waals surface area contributed by atoms with E-state index in [1.807, 2.05) is 42.5 Å². The van der Waals surface area contributed by atoms with E-state index < -0.39 is 0 Å². The topological polar surface area (TPSA) is 77.6 Å². The molecule has 0 saturated heterocycles. The average Bonchev–Trinajstić information content (AvgIpc) is 3.22. The van der Waals surface area contributed by atoms with Crippen molar-refractivity contribution in [1.82, 2.24) is 20.2 Å². The summed E-state index contributed by atoms with van der Waals surface area (Å²) in [5, 5.41) is 18.1. The van der Waals surface area contributed by atoms with Crippen molar-refractivity contribution in [3.05, 3.63) is 65.5 Å². The zero-order valence-corrected chi connectivity index (χ0v) is 14.6. The van der Waals surface area contributed by atoms with Crippen LogP contribution in [0, 0.1) is 0 Å². The lowest BCUT2D eigenvalue weighted by Crippen LogP contribution is -1.82. The molecule has 3 N–H and O–H groups in total. The Hall–Kier alpha value is -2.79. The summed E-state index contributed by atoms with van der Waals surface area (Å²) >= 11 is 6.02. The molecule has 0 aliphatic rings. The van der Waals surface area contributed by atoms with Crippen molar-refractivity contribution in [1.29, 1.82) is 0 Å². The Bertz CT molecular complexity index is 908. The lowest BCUT2D eigenvalue weighted by atomic mass is 10.2. The highest BCUT2D eigenvalue weighted by atomic mass is 35.5. The molecule has 0 radical (unpaired) electrons. The fraction of sp³-hybridized carbons (Fsp3) is 0.158. The molecule has 6 heteroatoms. The van der Waals surface area contributed by atoms with E-state index in [0.717, 1.165) is 17.7 Å². The molecule has 1 aromatic carbocycles. The molecule has 0 aliphatic heterocycles. The minimum atomic E-state index is 0.108. The van der Waals surface area contributed by atoms with E-state index in [0.29, 0.717) is 28.7 Å². The number of aromatic hydroxyl groups is 1.